The molecule has 1 aromatic carbocycles. The van der Waals surface area contributed by atoms with Crippen molar-refractivity contribution in [2.24, 2.45) is 0 Å². The summed E-state index contributed by atoms with van der Waals surface area (Å²) in [6, 6.07) is 4.80. The minimum atomic E-state index is -1.33. The molecule has 70 valence electrons. The quantitative estimate of drug-likeness (QED) is 0.547. The van der Waals surface area contributed by atoms with Gasteiger partial charge in [0.15, 0.2) is 0 Å². The SMILES string of the molecule is O=C(O)Oc1ccc2cncnc2c1. The molecule has 1 N–H and O–H groups in total. The summed E-state index contributed by atoms with van der Waals surface area (Å²) in [5.74, 6) is 0.253. The Morgan fingerprint density at radius 2 is 2.29 bits per heavy atom. The lowest BCUT2D eigenvalue weighted by Crippen LogP contribution is -2.02. The maximum atomic E-state index is 10.2. The average Bonchev–Trinajstić information content (AvgIpc) is 2.17. The molecule has 0 bridgehead atoms. The largest absolute Gasteiger partial charge is 0.511 e. The van der Waals surface area contributed by atoms with Gasteiger partial charge in [-0.05, 0) is 12.1 Å². The molecule has 0 saturated carbocycles. The minimum absolute atomic E-state index is 0.253. The highest BCUT2D eigenvalue weighted by Crippen LogP contribution is 2.17. The molecule has 5 heteroatoms. The van der Waals surface area contributed by atoms with Gasteiger partial charge < -0.3 is 9.84 Å². The number of benzene rings is 1. The number of rotatable bonds is 1. The van der Waals surface area contributed by atoms with Crippen LogP contribution in [0.2, 0.25) is 0 Å². The molecule has 1 aromatic heterocycles. The molecule has 0 radical (unpaired) electrons. The van der Waals surface area contributed by atoms with Crippen LogP contribution in [0.15, 0.2) is 30.7 Å². The van der Waals surface area contributed by atoms with Gasteiger partial charge in [-0.15, -0.1) is 0 Å². The van der Waals surface area contributed by atoms with Crippen LogP contribution in [0.5, 0.6) is 5.75 Å². The lowest BCUT2D eigenvalue weighted by atomic mass is 10.2. The van der Waals surface area contributed by atoms with Crippen LogP contribution in [-0.2, 0) is 0 Å². The fraction of sp³-hybridized carbons (Fsp3) is 0. The molecule has 0 spiro atoms. The van der Waals surface area contributed by atoms with E-state index in [1.807, 2.05) is 0 Å². The summed E-state index contributed by atoms with van der Waals surface area (Å²) >= 11 is 0. The monoisotopic (exact) mass is 190 g/mol. The molecule has 5 nitrogen and oxygen atoms in total. The first-order chi connectivity index (χ1) is 6.75. The van der Waals surface area contributed by atoms with Gasteiger partial charge in [-0.25, -0.2) is 14.8 Å². The number of nitrogens with zero attached hydrogens (tertiary/aromatic N) is 2. The Labute approximate surface area is 79.0 Å². The van der Waals surface area contributed by atoms with Gasteiger partial charge in [0.25, 0.3) is 0 Å². The molecule has 14 heavy (non-hydrogen) atoms. The summed E-state index contributed by atoms with van der Waals surface area (Å²) < 4.78 is 4.48. The van der Waals surface area contributed by atoms with E-state index in [1.54, 1.807) is 24.4 Å². The highest BCUT2D eigenvalue weighted by Gasteiger charge is 2.02. The topological polar surface area (TPSA) is 72.3 Å². The van der Waals surface area contributed by atoms with Crippen LogP contribution in [0.25, 0.3) is 10.9 Å². The zero-order valence-electron chi connectivity index (χ0n) is 7.04. The van der Waals surface area contributed by atoms with Crippen molar-refractivity contribution in [3.05, 3.63) is 30.7 Å². The lowest BCUT2D eigenvalue weighted by Gasteiger charge is -2.00. The molecular formula is C9H6N2O3. The second-order valence-electron chi connectivity index (χ2n) is 2.61. The Morgan fingerprint density at radius 1 is 1.43 bits per heavy atom. The van der Waals surface area contributed by atoms with Gasteiger partial charge in [-0.2, -0.15) is 0 Å². The van der Waals surface area contributed by atoms with Crippen LogP contribution >= 0.6 is 0 Å². The van der Waals surface area contributed by atoms with Gasteiger partial charge in [-0.3, -0.25) is 0 Å². The molecule has 0 saturated heterocycles. The van der Waals surface area contributed by atoms with Gasteiger partial charge in [-0.1, -0.05) is 0 Å². The number of hydrogen-bond acceptors (Lipinski definition) is 4. The van der Waals surface area contributed by atoms with Crippen molar-refractivity contribution in [1.29, 1.82) is 0 Å². The molecule has 0 fully saturated rings. The predicted octanol–water partition coefficient (Wildman–Crippen LogP) is 1.69. The zero-order valence-corrected chi connectivity index (χ0v) is 7.04. The summed E-state index contributed by atoms with van der Waals surface area (Å²) in [5.41, 5.74) is 0.652. The second kappa shape index (κ2) is 3.29. The normalized spacial score (nSPS) is 10.0. The van der Waals surface area contributed by atoms with Crippen LogP contribution < -0.4 is 4.74 Å². The summed E-state index contributed by atoms with van der Waals surface area (Å²) in [5, 5.41) is 9.22. The highest BCUT2D eigenvalue weighted by molar-refractivity contribution is 5.79. The molecule has 0 unspecified atom stereocenters. The second-order valence-corrected chi connectivity index (χ2v) is 2.61. The lowest BCUT2D eigenvalue weighted by molar-refractivity contribution is 0.144. The van der Waals surface area contributed by atoms with Crippen LogP contribution in [-0.4, -0.2) is 21.2 Å². The first-order valence-corrected chi connectivity index (χ1v) is 3.86. The first-order valence-electron chi connectivity index (χ1n) is 3.86. The maximum absolute atomic E-state index is 10.2. The van der Waals surface area contributed by atoms with E-state index in [9.17, 15) is 4.79 Å². The van der Waals surface area contributed by atoms with Crippen molar-refractivity contribution in [2.45, 2.75) is 0 Å². The number of fused-ring (bicyclic) bond motifs is 1. The fourth-order valence-corrected chi connectivity index (χ4v) is 1.12. The Balaban J connectivity index is 2.46. The maximum Gasteiger partial charge on any atom is 0.511 e. The van der Waals surface area contributed by atoms with Crippen molar-refractivity contribution in [1.82, 2.24) is 9.97 Å². The zero-order chi connectivity index (χ0) is 9.97. The van der Waals surface area contributed by atoms with E-state index in [-0.39, 0.29) is 5.75 Å². The number of ether oxygens (including phenoxy) is 1. The van der Waals surface area contributed by atoms with Gasteiger partial charge >= 0.3 is 6.16 Å². The van der Waals surface area contributed by atoms with Crippen molar-refractivity contribution in [3.63, 3.8) is 0 Å². The molecular weight excluding hydrogens is 184 g/mol. The summed E-state index contributed by atoms with van der Waals surface area (Å²) in [6.45, 7) is 0. The highest BCUT2D eigenvalue weighted by atomic mass is 16.7. The molecule has 0 amide bonds. The van der Waals surface area contributed by atoms with Crippen LogP contribution in [0, 0.1) is 0 Å². The molecule has 1 heterocycles. The third-order valence-corrected chi connectivity index (χ3v) is 1.68. The van der Waals surface area contributed by atoms with Crippen LogP contribution in [0.4, 0.5) is 4.79 Å². The molecule has 2 rings (SSSR count). The molecule has 0 atom stereocenters. The number of carbonyl (C=O) groups is 1. The summed E-state index contributed by atoms with van der Waals surface area (Å²) in [7, 11) is 0. The van der Waals surface area contributed by atoms with Crippen molar-refractivity contribution >= 4 is 17.1 Å². The molecule has 0 aliphatic heterocycles. The van der Waals surface area contributed by atoms with Gasteiger partial charge in [0.2, 0.25) is 0 Å². The molecule has 2 aromatic rings. The Hall–Kier alpha value is -2.17. The Kier molecular flexibility index (Phi) is 1.98. The van der Waals surface area contributed by atoms with Gasteiger partial charge in [0.1, 0.15) is 12.1 Å². The Bertz CT molecular complexity index is 484. The van der Waals surface area contributed by atoms with Gasteiger partial charge in [0.05, 0.1) is 5.52 Å². The molecule has 0 aliphatic rings. The standard InChI is InChI=1S/C9H6N2O3/c12-9(13)14-7-2-1-6-4-10-5-11-8(6)3-7/h1-5H,(H,12,13). The van der Waals surface area contributed by atoms with E-state index in [1.165, 1.54) is 6.33 Å². The Morgan fingerprint density at radius 3 is 3.07 bits per heavy atom. The minimum Gasteiger partial charge on any atom is -0.449 e. The first kappa shape index (κ1) is 8.43. The van der Waals surface area contributed by atoms with E-state index < -0.39 is 6.16 Å². The summed E-state index contributed by atoms with van der Waals surface area (Å²) in [6.07, 6.45) is 1.71. The smallest absolute Gasteiger partial charge is 0.449 e. The molecule has 0 aliphatic carbocycles. The van der Waals surface area contributed by atoms with E-state index in [0.717, 1.165) is 5.39 Å². The predicted molar refractivity (Wildman–Crippen MR) is 48.2 cm³/mol. The van der Waals surface area contributed by atoms with Crippen molar-refractivity contribution in [3.8, 4) is 5.75 Å². The number of hydrogen-bond donors (Lipinski definition) is 1. The third-order valence-electron chi connectivity index (χ3n) is 1.68. The number of carboxylic acid groups (broad SMARTS) is 1. The third kappa shape index (κ3) is 1.61. The van der Waals surface area contributed by atoms with E-state index in [2.05, 4.69) is 14.7 Å². The van der Waals surface area contributed by atoms with E-state index in [0.29, 0.717) is 5.52 Å². The van der Waals surface area contributed by atoms with Gasteiger partial charge in [0, 0.05) is 17.6 Å². The van der Waals surface area contributed by atoms with E-state index >= 15 is 0 Å². The van der Waals surface area contributed by atoms with E-state index in [4.69, 9.17) is 5.11 Å². The van der Waals surface area contributed by atoms with Crippen molar-refractivity contribution < 1.29 is 14.6 Å². The van der Waals surface area contributed by atoms with Crippen molar-refractivity contribution in [2.75, 3.05) is 0 Å². The average molecular weight is 190 g/mol. The summed E-state index contributed by atoms with van der Waals surface area (Å²) in [4.78, 5) is 18.1. The van der Waals surface area contributed by atoms with Crippen LogP contribution in [0.3, 0.4) is 0 Å². The number of aromatic nitrogens is 2. The van der Waals surface area contributed by atoms with Crippen LogP contribution in [0.1, 0.15) is 0 Å². The fourth-order valence-electron chi connectivity index (χ4n) is 1.12.